The van der Waals surface area contributed by atoms with Crippen molar-refractivity contribution in [2.24, 2.45) is 0 Å². The van der Waals surface area contributed by atoms with Gasteiger partial charge in [0, 0.05) is 0 Å². The molecule has 1 radical (unpaired) electrons. The molecule has 2 heteroatoms. The van der Waals surface area contributed by atoms with Crippen molar-refractivity contribution in [2.45, 2.75) is 31.7 Å². The number of anilines is 1. The van der Waals surface area contributed by atoms with Gasteiger partial charge in [-0.25, -0.2) is 5.06 Å². The van der Waals surface area contributed by atoms with Gasteiger partial charge in [0.15, 0.2) is 0 Å². The highest BCUT2D eigenvalue weighted by molar-refractivity contribution is 5.86. The number of rotatable bonds is 3. The van der Waals surface area contributed by atoms with Crippen LogP contribution in [0.5, 0.6) is 0 Å². The first kappa shape index (κ1) is 19.6. The molecule has 1 aliphatic rings. The Morgan fingerprint density at radius 3 is 1.55 bits per heavy atom. The zero-order chi connectivity index (χ0) is 21.6. The Labute approximate surface area is 184 Å². The number of nitrogens with zero attached hydrogens (tertiary/aromatic N) is 1. The molecular formula is C29H26NO. The summed E-state index contributed by atoms with van der Waals surface area (Å²) >= 11 is 0. The van der Waals surface area contributed by atoms with Gasteiger partial charge in [-0.1, -0.05) is 96.2 Å². The van der Waals surface area contributed by atoms with E-state index in [0.717, 1.165) is 5.06 Å². The largest absolute Gasteiger partial charge is 0.215 e. The minimum atomic E-state index is -0.481. The van der Waals surface area contributed by atoms with E-state index in [0.29, 0.717) is 5.69 Å². The monoisotopic (exact) mass is 404 g/mol. The fourth-order valence-corrected chi connectivity index (χ4v) is 4.95. The molecule has 0 bridgehead atoms. The maximum Gasteiger partial charge on any atom is 0.0713 e. The van der Waals surface area contributed by atoms with Crippen molar-refractivity contribution >= 4 is 5.69 Å². The van der Waals surface area contributed by atoms with E-state index in [1.807, 2.05) is 32.9 Å². The van der Waals surface area contributed by atoms with Crippen LogP contribution in [-0.2, 0) is 10.6 Å². The van der Waals surface area contributed by atoms with Crippen LogP contribution in [-0.4, -0.2) is 5.54 Å². The highest BCUT2D eigenvalue weighted by Gasteiger charge is 2.45. The highest BCUT2D eigenvalue weighted by atomic mass is 16.5. The van der Waals surface area contributed by atoms with Crippen LogP contribution >= 0.6 is 0 Å². The van der Waals surface area contributed by atoms with Gasteiger partial charge in [0.1, 0.15) is 0 Å². The number of hydrogen-bond acceptors (Lipinski definition) is 1. The molecule has 0 aromatic heterocycles. The van der Waals surface area contributed by atoms with Crippen LogP contribution in [0.15, 0.2) is 103 Å². The zero-order valence-corrected chi connectivity index (χ0v) is 18.2. The van der Waals surface area contributed by atoms with E-state index >= 15 is 0 Å². The Kier molecular flexibility index (Phi) is 4.49. The summed E-state index contributed by atoms with van der Waals surface area (Å²) < 4.78 is 0. The SMILES string of the molecule is CC(C)(C)N([O])c1ccc(C2(c3ccccc3)c3ccccc3-c3ccccc32)cc1. The van der Waals surface area contributed by atoms with Gasteiger partial charge in [0.05, 0.1) is 16.6 Å². The molecule has 4 aromatic carbocycles. The third-order valence-corrected chi connectivity index (χ3v) is 6.30. The molecule has 0 atom stereocenters. The molecule has 0 saturated carbocycles. The maximum absolute atomic E-state index is 12.8. The molecule has 0 saturated heterocycles. The second-order valence-corrected chi connectivity index (χ2v) is 9.22. The van der Waals surface area contributed by atoms with Gasteiger partial charge in [-0.05, 0) is 66.3 Å². The van der Waals surface area contributed by atoms with Crippen LogP contribution in [0.1, 0.15) is 43.0 Å². The second-order valence-electron chi connectivity index (χ2n) is 9.22. The lowest BCUT2D eigenvalue weighted by Crippen LogP contribution is -2.37. The van der Waals surface area contributed by atoms with E-state index in [9.17, 15) is 5.21 Å². The topological polar surface area (TPSA) is 23.1 Å². The quantitative estimate of drug-likeness (QED) is 0.297. The summed E-state index contributed by atoms with van der Waals surface area (Å²) in [6, 6.07) is 36.2. The molecular weight excluding hydrogens is 378 g/mol. The predicted molar refractivity (Wildman–Crippen MR) is 127 cm³/mol. The summed E-state index contributed by atoms with van der Waals surface area (Å²) in [4.78, 5) is 0. The fourth-order valence-electron chi connectivity index (χ4n) is 4.95. The van der Waals surface area contributed by atoms with Crippen LogP contribution in [0.4, 0.5) is 5.69 Å². The van der Waals surface area contributed by atoms with Gasteiger partial charge in [-0.2, -0.15) is 0 Å². The van der Waals surface area contributed by atoms with E-state index in [-0.39, 0.29) is 0 Å². The maximum atomic E-state index is 12.8. The lowest BCUT2D eigenvalue weighted by atomic mass is 9.68. The van der Waals surface area contributed by atoms with Gasteiger partial charge < -0.3 is 0 Å². The molecule has 0 spiro atoms. The van der Waals surface area contributed by atoms with Crippen molar-refractivity contribution in [1.29, 1.82) is 0 Å². The Balaban J connectivity index is 1.80. The van der Waals surface area contributed by atoms with Gasteiger partial charge >= 0.3 is 0 Å². The Hall–Kier alpha value is -3.36. The van der Waals surface area contributed by atoms with Gasteiger partial charge in [-0.15, -0.1) is 0 Å². The lowest BCUT2D eigenvalue weighted by molar-refractivity contribution is 0.102. The molecule has 0 amide bonds. The van der Waals surface area contributed by atoms with E-state index in [1.54, 1.807) is 0 Å². The average Bonchev–Trinajstić information content (AvgIpc) is 3.10. The summed E-state index contributed by atoms with van der Waals surface area (Å²) in [5.74, 6) is 0. The molecule has 0 N–H and O–H groups in total. The summed E-state index contributed by atoms with van der Waals surface area (Å²) in [5, 5.41) is 13.8. The van der Waals surface area contributed by atoms with Crippen molar-refractivity contribution in [3.63, 3.8) is 0 Å². The van der Waals surface area contributed by atoms with Crippen molar-refractivity contribution in [2.75, 3.05) is 5.06 Å². The molecule has 1 aliphatic carbocycles. The van der Waals surface area contributed by atoms with Crippen molar-refractivity contribution in [3.05, 3.63) is 125 Å². The molecule has 153 valence electrons. The predicted octanol–water partition coefficient (Wildman–Crippen LogP) is 7.00. The van der Waals surface area contributed by atoms with Crippen LogP contribution in [0, 0.1) is 0 Å². The molecule has 0 unspecified atom stereocenters. The third-order valence-electron chi connectivity index (χ3n) is 6.30. The molecule has 0 heterocycles. The van der Waals surface area contributed by atoms with E-state index < -0.39 is 11.0 Å². The number of hydrogen-bond donors (Lipinski definition) is 0. The second kappa shape index (κ2) is 7.11. The minimum Gasteiger partial charge on any atom is -0.215 e. The van der Waals surface area contributed by atoms with Crippen molar-refractivity contribution in [3.8, 4) is 11.1 Å². The summed E-state index contributed by atoms with van der Waals surface area (Å²) in [7, 11) is 0. The number of benzene rings is 4. The van der Waals surface area contributed by atoms with E-state index in [2.05, 4.69) is 91.0 Å². The molecule has 0 aliphatic heterocycles. The summed E-state index contributed by atoms with van der Waals surface area (Å²) in [5.41, 5.74) is 7.29. The molecule has 4 aromatic rings. The van der Waals surface area contributed by atoms with E-state index in [1.165, 1.54) is 33.4 Å². The zero-order valence-electron chi connectivity index (χ0n) is 18.2. The normalized spacial score (nSPS) is 14.1. The Morgan fingerprint density at radius 2 is 1.03 bits per heavy atom. The molecule has 0 fully saturated rings. The highest BCUT2D eigenvalue weighted by Crippen LogP contribution is 2.55. The molecule has 5 rings (SSSR count). The van der Waals surface area contributed by atoms with Gasteiger partial charge in [0.25, 0.3) is 0 Å². The fraction of sp³-hybridized carbons (Fsp3) is 0.172. The third kappa shape index (κ3) is 2.90. The van der Waals surface area contributed by atoms with Crippen LogP contribution in [0.25, 0.3) is 11.1 Å². The van der Waals surface area contributed by atoms with Crippen LogP contribution in [0.3, 0.4) is 0 Å². The minimum absolute atomic E-state index is 0.414. The van der Waals surface area contributed by atoms with Gasteiger partial charge in [0.2, 0.25) is 0 Å². The average molecular weight is 405 g/mol. The number of hydroxylamine groups is 1. The Bertz CT molecular complexity index is 1170. The van der Waals surface area contributed by atoms with Crippen LogP contribution in [0.2, 0.25) is 0 Å². The molecule has 2 nitrogen and oxygen atoms in total. The lowest BCUT2D eigenvalue weighted by Gasteiger charge is -2.34. The smallest absolute Gasteiger partial charge is 0.0713 e. The first-order valence-electron chi connectivity index (χ1n) is 10.8. The van der Waals surface area contributed by atoms with Crippen molar-refractivity contribution in [1.82, 2.24) is 0 Å². The van der Waals surface area contributed by atoms with Gasteiger partial charge in [-0.3, -0.25) is 0 Å². The standard InChI is InChI=1S/C29H26NO/c1-28(2,3)30(31)23-19-17-22(18-20-23)29(21-11-5-4-6-12-21)26-15-9-7-13-24(26)25-14-8-10-16-27(25)29/h4-20H,1-3H3. The Morgan fingerprint density at radius 1 is 0.581 bits per heavy atom. The molecule has 31 heavy (non-hydrogen) atoms. The first-order valence-corrected chi connectivity index (χ1v) is 10.8. The first-order chi connectivity index (χ1) is 14.9. The van der Waals surface area contributed by atoms with Crippen molar-refractivity contribution < 1.29 is 5.21 Å². The number of fused-ring (bicyclic) bond motifs is 3. The summed E-state index contributed by atoms with van der Waals surface area (Å²) in [6.45, 7) is 5.80. The van der Waals surface area contributed by atoms with Crippen LogP contribution < -0.4 is 5.06 Å². The van der Waals surface area contributed by atoms with E-state index in [4.69, 9.17) is 0 Å². The summed E-state index contributed by atoms with van der Waals surface area (Å²) in [6.07, 6.45) is 0.